The average Bonchev–Trinajstić information content (AvgIpc) is 2.26. The largest absolute Gasteiger partial charge is 0.271 e. The molecule has 0 saturated heterocycles. The lowest BCUT2D eigenvalue weighted by molar-refractivity contribution is 0.500. The number of hydrogen-bond acceptors (Lipinski definition) is 3. The molecule has 1 rings (SSSR count). The van der Waals surface area contributed by atoms with E-state index in [9.17, 15) is 8.78 Å². The van der Waals surface area contributed by atoms with Crippen LogP contribution in [0.25, 0.3) is 0 Å². The topological polar surface area (TPSA) is 38.0 Å². The quantitative estimate of drug-likeness (QED) is 0.460. The molecular weight excluding hydrogens is 230 g/mol. The van der Waals surface area contributed by atoms with Gasteiger partial charge >= 0.3 is 0 Å². The summed E-state index contributed by atoms with van der Waals surface area (Å²) < 4.78 is 26.9. The van der Waals surface area contributed by atoms with Crippen LogP contribution in [0, 0.1) is 11.6 Å². The zero-order valence-corrected chi connectivity index (χ0v) is 9.99. The molecule has 1 aromatic rings. The Morgan fingerprint density at radius 2 is 2.00 bits per heavy atom. The number of nitrogens with one attached hydrogen (secondary N) is 1. The van der Waals surface area contributed by atoms with E-state index in [1.807, 2.05) is 0 Å². The molecule has 16 heavy (non-hydrogen) atoms. The fourth-order valence-electron chi connectivity index (χ4n) is 1.40. The Bertz CT molecular complexity index is 314. The molecule has 1 unspecified atom stereocenters. The van der Waals surface area contributed by atoms with Crippen LogP contribution in [0.3, 0.4) is 0 Å². The van der Waals surface area contributed by atoms with Crippen molar-refractivity contribution in [2.75, 3.05) is 11.5 Å². The molecule has 0 aromatic heterocycles. The summed E-state index contributed by atoms with van der Waals surface area (Å²) >= 11 is 1.62. The molecule has 0 radical (unpaired) electrons. The van der Waals surface area contributed by atoms with Crippen molar-refractivity contribution in [3.63, 3.8) is 0 Å². The second kappa shape index (κ2) is 6.83. The monoisotopic (exact) mass is 246 g/mol. The van der Waals surface area contributed by atoms with Gasteiger partial charge in [-0.2, -0.15) is 11.8 Å². The summed E-state index contributed by atoms with van der Waals surface area (Å²) in [5.74, 6) is 5.73. The smallest absolute Gasteiger partial charge is 0.130 e. The van der Waals surface area contributed by atoms with E-state index in [-0.39, 0.29) is 5.56 Å². The minimum absolute atomic E-state index is 0.0219. The van der Waals surface area contributed by atoms with Gasteiger partial charge in [0.05, 0.1) is 6.04 Å². The van der Waals surface area contributed by atoms with Crippen LogP contribution in [0.1, 0.15) is 24.9 Å². The van der Waals surface area contributed by atoms with Gasteiger partial charge in [-0.1, -0.05) is 13.0 Å². The van der Waals surface area contributed by atoms with Crippen molar-refractivity contribution in [1.82, 2.24) is 5.43 Å². The molecule has 3 N–H and O–H groups in total. The lowest BCUT2D eigenvalue weighted by Crippen LogP contribution is -2.31. The fraction of sp³-hybridized carbons (Fsp3) is 0.455. The van der Waals surface area contributed by atoms with E-state index < -0.39 is 17.7 Å². The molecule has 0 aliphatic carbocycles. The van der Waals surface area contributed by atoms with Crippen LogP contribution in [-0.4, -0.2) is 11.5 Å². The highest BCUT2D eigenvalue weighted by Gasteiger charge is 2.18. The minimum atomic E-state index is -0.556. The van der Waals surface area contributed by atoms with Crippen molar-refractivity contribution in [2.45, 2.75) is 19.4 Å². The van der Waals surface area contributed by atoms with Crippen molar-refractivity contribution in [3.05, 3.63) is 35.4 Å². The number of nitrogens with two attached hydrogens (primary N) is 1. The third kappa shape index (κ3) is 3.43. The standard InChI is InChI=1S/C11H16F2N2S/c1-2-6-16-7-10(15-14)11-8(12)4-3-5-9(11)13/h3-5,10,15H,2,6-7,14H2,1H3. The van der Waals surface area contributed by atoms with Crippen molar-refractivity contribution in [2.24, 2.45) is 5.84 Å². The van der Waals surface area contributed by atoms with Crippen LogP contribution in [0.2, 0.25) is 0 Å². The molecule has 90 valence electrons. The lowest BCUT2D eigenvalue weighted by atomic mass is 10.1. The second-order valence-electron chi connectivity index (χ2n) is 3.43. The van der Waals surface area contributed by atoms with Crippen molar-refractivity contribution in [1.29, 1.82) is 0 Å². The maximum absolute atomic E-state index is 13.5. The van der Waals surface area contributed by atoms with Gasteiger partial charge in [-0.15, -0.1) is 0 Å². The first-order valence-electron chi connectivity index (χ1n) is 5.18. The van der Waals surface area contributed by atoms with Gasteiger partial charge in [-0.05, 0) is 24.3 Å². The summed E-state index contributed by atoms with van der Waals surface area (Å²) in [6.07, 6.45) is 1.03. The molecule has 0 aliphatic rings. The Morgan fingerprint density at radius 1 is 1.38 bits per heavy atom. The summed E-state index contributed by atoms with van der Waals surface area (Å²) in [6, 6.07) is 3.35. The Kier molecular flexibility index (Phi) is 5.73. The molecule has 0 amide bonds. The van der Waals surface area contributed by atoms with Gasteiger partial charge in [0.2, 0.25) is 0 Å². The predicted molar refractivity (Wildman–Crippen MR) is 64.0 cm³/mol. The molecule has 0 saturated carbocycles. The fourth-order valence-corrected chi connectivity index (χ4v) is 2.36. The van der Waals surface area contributed by atoms with E-state index in [4.69, 9.17) is 5.84 Å². The summed E-state index contributed by atoms with van der Waals surface area (Å²) in [5.41, 5.74) is 2.48. The van der Waals surface area contributed by atoms with Gasteiger partial charge in [0.25, 0.3) is 0 Å². The zero-order chi connectivity index (χ0) is 12.0. The molecular formula is C11H16F2N2S. The number of thioether (sulfide) groups is 1. The highest BCUT2D eigenvalue weighted by molar-refractivity contribution is 7.99. The van der Waals surface area contributed by atoms with Gasteiger partial charge in [-0.3, -0.25) is 11.3 Å². The van der Waals surface area contributed by atoms with E-state index in [0.717, 1.165) is 12.2 Å². The van der Waals surface area contributed by atoms with Crippen LogP contribution in [0.4, 0.5) is 8.78 Å². The van der Waals surface area contributed by atoms with Gasteiger partial charge in [0, 0.05) is 11.3 Å². The summed E-state index contributed by atoms with van der Waals surface area (Å²) in [6.45, 7) is 2.06. The third-order valence-corrected chi connectivity index (χ3v) is 3.45. The van der Waals surface area contributed by atoms with Gasteiger partial charge in [0.1, 0.15) is 11.6 Å². The van der Waals surface area contributed by atoms with Crippen LogP contribution < -0.4 is 11.3 Å². The first-order valence-corrected chi connectivity index (χ1v) is 6.34. The van der Waals surface area contributed by atoms with Crippen LogP contribution >= 0.6 is 11.8 Å². The molecule has 5 heteroatoms. The number of halogens is 2. The number of hydrazine groups is 1. The molecule has 0 spiro atoms. The first-order chi connectivity index (χ1) is 7.70. The van der Waals surface area contributed by atoms with Crippen molar-refractivity contribution < 1.29 is 8.78 Å². The van der Waals surface area contributed by atoms with Crippen LogP contribution in [0.15, 0.2) is 18.2 Å². The lowest BCUT2D eigenvalue weighted by Gasteiger charge is -2.17. The highest BCUT2D eigenvalue weighted by Crippen LogP contribution is 2.23. The van der Waals surface area contributed by atoms with Gasteiger partial charge in [-0.25, -0.2) is 8.78 Å². The average molecular weight is 246 g/mol. The Balaban J connectivity index is 2.78. The number of rotatable bonds is 6. The van der Waals surface area contributed by atoms with Crippen molar-refractivity contribution in [3.8, 4) is 0 Å². The minimum Gasteiger partial charge on any atom is -0.271 e. The van der Waals surface area contributed by atoms with E-state index >= 15 is 0 Å². The summed E-state index contributed by atoms with van der Waals surface area (Å²) in [5, 5.41) is 0. The maximum atomic E-state index is 13.5. The second-order valence-corrected chi connectivity index (χ2v) is 4.58. The van der Waals surface area contributed by atoms with Crippen LogP contribution in [0.5, 0.6) is 0 Å². The highest BCUT2D eigenvalue weighted by atomic mass is 32.2. The van der Waals surface area contributed by atoms with E-state index in [1.165, 1.54) is 18.2 Å². The Morgan fingerprint density at radius 3 is 2.50 bits per heavy atom. The van der Waals surface area contributed by atoms with Gasteiger partial charge < -0.3 is 0 Å². The van der Waals surface area contributed by atoms with E-state index in [0.29, 0.717) is 5.75 Å². The number of benzene rings is 1. The normalized spacial score (nSPS) is 12.8. The van der Waals surface area contributed by atoms with E-state index in [2.05, 4.69) is 12.3 Å². The zero-order valence-electron chi connectivity index (χ0n) is 9.17. The molecule has 0 heterocycles. The maximum Gasteiger partial charge on any atom is 0.130 e. The Hall–Kier alpha value is -0.650. The molecule has 1 aromatic carbocycles. The van der Waals surface area contributed by atoms with Gasteiger partial charge in [0.15, 0.2) is 0 Å². The SMILES string of the molecule is CCCSCC(NN)c1c(F)cccc1F. The first kappa shape index (κ1) is 13.4. The number of hydrogen-bond donors (Lipinski definition) is 2. The molecule has 0 fully saturated rings. The molecule has 0 bridgehead atoms. The predicted octanol–water partition coefficient (Wildman–Crippen LogP) is 2.61. The molecule has 0 aliphatic heterocycles. The summed E-state index contributed by atoms with van der Waals surface area (Å²) in [7, 11) is 0. The van der Waals surface area contributed by atoms with Crippen molar-refractivity contribution >= 4 is 11.8 Å². The summed E-state index contributed by atoms with van der Waals surface area (Å²) in [4.78, 5) is 0. The Labute approximate surface area is 98.6 Å². The molecule has 2 nitrogen and oxygen atoms in total. The molecule has 1 atom stereocenters. The third-order valence-electron chi connectivity index (χ3n) is 2.18. The van der Waals surface area contributed by atoms with Crippen LogP contribution in [-0.2, 0) is 0 Å². The van der Waals surface area contributed by atoms with E-state index in [1.54, 1.807) is 11.8 Å².